The van der Waals surface area contributed by atoms with Crippen molar-refractivity contribution in [3.8, 4) is 5.75 Å². The average Bonchev–Trinajstić information content (AvgIpc) is 3.01. The molecule has 0 spiro atoms. The Hall–Kier alpha value is -1.63. The number of amides is 1. The summed E-state index contributed by atoms with van der Waals surface area (Å²) >= 11 is 5.00. The smallest absolute Gasteiger partial charge is 0.410 e. The molecule has 0 radical (unpaired) electrons. The van der Waals surface area contributed by atoms with Crippen molar-refractivity contribution in [3.63, 3.8) is 0 Å². The van der Waals surface area contributed by atoms with Gasteiger partial charge in [-0.05, 0) is 51.0 Å². The third-order valence-corrected chi connectivity index (χ3v) is 6.70. The highest BCUT2D eigenvalue weighted by Gasteiger charge is 2.56. The highest BCUT2D eigenvalue weighted by molar-refractivity contribution is 14.1. The van der Waals surface area contributed by atoms with E-state index in [1.165, 1.54) is 6.07 Å². The van der Waals surface area contributed by atoms with Crippen LogP contribution in [-0.2, 0) is 14.3 Å². The van der Waals surface area contributed by atoms with Gasteiger partial charge < -0.3 is 19.7 Å². The average molecular weight is 574 g/mol. The third-order valence-electron chi connectivity index (χ3n) is 4.22. The Morgan fingerprint density at radius 3 is 2.64 bits per heavy atom. The summed E-state index contributed by atoms with van der Waals surface area (Å²) in [6, 6.07) is 0.753. The minimum absolute atomic E-state index is 0.0692. The summed E-state index contributed by atoms with van der Waals surface area (Å²) in [5.41, 5.74) is -2.06. The molecule has 1 aromatic rings. The maximum absolute atomic E-state index is 13.8. The van der Waals surface area contributed by atoms with E-state index >= 15 is 0 Å². The summed E-state index contributed by atoms with van der Waals surface area (Å²) in [6.07, 6.45) is -0.0780. The summed E-state index contributed by atoms with van der Waals surface area (Å²) in [5, 5.41) is 19.2. The largest absolute Gasteiger partial charge is 0.480 e. The summed E-state index contributed by atoms with van der Waals surface area (Å²) < 4.78 is 25.2. The van der Waals surface area contributed by atoms with Crippen LogP contribution in [0.2, 0.25) is 0 Å². The number of carboxylic acids is 2. The number of aliphatic carboxylic acids is 2. The van der Waals surface area contributed by atoms with Gasteiger partial charge in [0, 0.05) is 17.0 Å². The molecule has 1 aromatic carbocycles. The Labute approximate surface area is 182 Å². The molecule has 0 unspecified atom stereocenters. The normalized spacial score (nSPS) is 21.4. The molecular formula is C17H18BrFINO7. The van der Waals surface area contributed by atoms with Crippen molar-refractivity contribution < 1.29 is 38.5 Å². The van der Waals surface area contributed by atoms with E-state index < -0.39 is 48.5 Å². The molecule has 0 saturated carbocycles. The summed E-state index contributed by atoms with van der Waals surface area (Å²) in [5.74, 6) is -3.57. The highest BCUT2D eigenvalue weighted by atomic mass is 127. The zero-order valence-corrected chi connectivity index (χ0v) is 18.5. The van der Waals surface area contributed by atoms with E-state index in [-0.39, 0.29) is 12.4 Å². The van der Waals surface area contributed by atoms with Crippen LogP contribution in [0.3, 0.4) is 0 Å². The molecule has 1 aliphatic rings. The number of carboxylic acid groups (broad SMARTS) is 2. The lowest BCUT2D eigenvalue weighted by Gasteiger charge is -2.26. The van der Waals surface area contributed by atoms with E-state index in [4.69, 9.17) is 9.47 Å². The molecule has 2 atom stereocenters. The maximum Gasteiger partial charge on any atom is 0.410 e. The van der Waals surface area contributed by atoms with Crippen LogP contribution in [0.5, 0.6) is 5.75 Å². The van der Waals surface area contributed by atoms with Gasteiger partial charge in [-0.3, -0.25) is 4.90 Å². The van der Waals surface area contributed by atoms with Crippen LogP contribution in [0.4, 0.5) is 9.18 Å². The Kier molecular flexibility index (Phi) is 7.48. The number of nitrogens with zero attached hydrogens (tertiary/aromatic N) is 1. The van der Waals surface area contributed by atoms with Crippen LogP contribution >= 0.6 is 38.5 Å². The summed E-state index contributed by atoms with van der Waals surface area (Å²) in [4.78, 5) is 36.7. The minimum atomic E-state index is -2.06. The molecule has 0 aliphatic carbocycles. The number of benzene rings is 1. The van der Waals surface area contributed by atoms with E-state index in [1.54, 1.807) is 0 Å². The number of hydrogen-bond donors (Lipinski definition) is 2. The second kappa shape index (κ2) is 9.25. The molecular weight excluding hydrogens is 556 g/mol. The quantitative estimate of drug-likeness (QED) is 0.292. The number of carbonyl (C=O) groups excluding carboxylic acids is 1. The number of hydrogen-bond acceptors (Lipinski definition) is 5. The molecule has 154 valence electrons. The van der Waals surface area contributed by atoms with E-state index in [2.05, 4.69) is 15.9 Å². The molecule has 11 heteroatoms. The molecule has 1 amide bonds. The van der Waals surface area contributed by atoms with E-state index in [0.29, 0.717) is 14.5 Å². The lowest BCUT2D eigenvalue weighted by Crippen LogP contribution is -2.48. The van der Waals surface area contributed by atoms with Gasteiger partial charge in [0.2, 0.25) is 5.60 Å². The lowest BCUT2D eigenvalue weighted by molar-refractivity contribution is -0.154. The molecule has 2 rings (SSSR count). The van der Waals surface area contributed by atoms with Crippen molar-refractivity contribution in [1.82, 2.24) is 4.90 Å². The predicted octanol–water partition coefficient (Wildman–Crippen LogP) is 3.49. The second-order valence-electron chi connectivity index (χ2n) is 6.26. The number of unbranched alkanes of at least 4 members (excludes halogenated alkanes) is 1. The van der Waals surface area contributed by atoms with Gasteiger partial charge in [-0.2, -0.15) is 0 Å². The van der Waals surface area contributed by atoms with Crippen molar-refractivity contribution in [3.05, 3.63) is 26.0 Å². The van der Waals surface area contributed by atoms with Crippen molar-refractivity contribution in [1.29, 1.82) is 0 Å². The van der Waals surface area contributed by atoms with Gasteiger partial charge in [-0.1, -0.05) is 13.3 Å². The molecule has 1 heterocycles. The number of halogens is 3. The first kappa shape index (κ1) is 22.7. The van der Waals surface area contributed by atoms with Crippen molar-refractivity contribution in [2.75, 3.05) is 13.2 Å². The van der Waals surface area contributed by atoms with Gasteiger partial charge in [-0.25, -0.2) is 18.8 Å². The molecule has 1 saturated heterocycles. The Morgan fingerprint density at radius 1 is 1.39 bits per heavy atom. The molecule has 0 aromatic heterocycles. The lowest BCUT2D eigenvalue weighted by atomic mass is 10.00. The van der Waals surface area contributed by atoms with Crippen LogP contribution in [0.1, 0.15) is 26.2 Å². The van der Waals surface area contributed by atoms with Crippen molar-refractivity contribution in [2.24, 2.45) is 0 Å². The molecule has 28 heavy (non-hydrogen) atoms. The van der Waals surface area contributed by atoms with Crippen LogP contribution < -0.4 is 4.74 Å². The zero-order chi connectivity index (χ0) is 21.1. The molecule has 2 N–H and O–H groups in total. The molecule has 1 fully saturated rings. The van der Waals surface area contributed by atoms with E-state index in [1.807, 2.05) is 29.5 Å². The van der Waals surface area contributed by atoms with Gasteiger partial charge in [0.1, 0.15) is 17.6 Å². The van der Waals surface area contributed by atoms with Crippen LogP contribution in [-0.4, -0.2) is 57.9 Å². The first-order valence-corrected chi connectivity index (χ1v) is 10.2. The zero-order valence-electron chi connectivity index (χ0n) is 14.8. The SMILES string of the molecule is CCCCOC(=O)N1C[C@@](Oc2cc(F)cc(Br)c2I)(C(=O)O)C[C@H]1C(=O)O. The molecule has 0 bridgehead atoms. The van der Waals surface area contributed by atoms with E-state index in [9.17, 15) is 29.0 Å². The second-order valence-corrected chi connectivity index (χ2v) is 8.19. The summed E-state index contributed by atoms with van der Waals surface area (Å²) in [7, 11) is 0. The first-order chi connectivity index (χ1) is 13.1. The van der Waals surface area contributed by atoms with E-state index in [0.717, 1.165) is 17.4 Å². The fraction of sp³-hybridized carbons (Fsp3) is 0.471. The Balaban J connectivity index is 2.35. The van der Waals surface area contributed by atoms with Crippen LogP contribution in [0.25, 0.3) is 0 Å². The predicted molar refractivity (Wildman–Crippen MR) is 107 cm³/mol. The van der Waals surface area contributed by atoms with Crippen LogP contribution in [0, 0.1) is 9.39 Å². The fourth-order valence-electron chi connectivity index (χ4n) is 2.76. The molecule has 1 aliphatic heterocycles. The van der Waals surface area contributed by atoms with Gasteiger partial charge in [0.25, 0.3) is 0 Å². The minimum Gasteiger partial charge on any atom is -0.480 e. The van der Waals surface area contributed by atoms with Crippen molar-refractivity contribution in [2.45, 2.75) is 37.8 Å². The monoisotopic (exact) mass is 573 g/mol. The van der Waals surface area contributed by atoms with Gasteiger partial charge >= 0.3 is 18.0 Å². The van der Waals surface area contributed by atoms with Crippen molar-refractivity contribution >= 4 is 56.6 Å². The Bertz CT molecular complexity index is 793. The number of ether oxygens (including phenoxy) is 2. The summed E-state index contributed by atoms with van der Waals surface area (Å²) in [6.45, 7) is 1.44. The maximum atomic E-state index is 13.8. The third kappa shape index (κ3) is 4.85. The Morgan fingerprint density at radius 2 is 2.07 bits per heavy atom. The van der Waals surface area contributed by atoms with Gasteiger partial charge in [0.05, 0.1) is 16.7 Å². The topological polar surface area (TPSA) is 113 Å². The first-order valence-electron chi connectivity index (χ1n) is 8.34. The van der Waals surface area contributed by atoms with Crippen LogP contribution in [0.15, 0.2) is 16.6 Å². The fourth-order valence-corrected chi connectivity index (χ4v) is 3.60. The van der Waals surface area contributed by atoms with Gasteiger partial charge in [0.15, 0.2) is 0 Å². The molecule has 8 nitrogen and oxygen atoms in total. The number of carbonyl (C=O) groups is 3. The number of likely N-dealkylation sites (tertiary alicyclic amines) is 1. The van der Waals surface area contributed by atoms with Gasteiger partial charge in [-0.15, -0.1) is 0 Å². The highest BCUT2D eigenvalue weighted by Crippen LogP contribution is 2.37. The number of rotatable bonds is 7. The standard InChI is InChI=1S/C17H18BrFINO7/c1-2-3-4-27-16(26)21-8-17(15(24)25,7-11(21)14(22)23)28-12-6-9(19)5-10(18)13(12)20/h5-6,11H,2-4,7-8H2,1H3,(H,22,23)(H,24,25)/t11-,17+/m0/s1.